The van der Waals surface area contributed by atoms with E-state index in [1.54, 1.807) is 22.9 Å². The van der Waals surface area contributed by atoms with Crippen LogP contribution in [0.3, 0.4) is 0 Å². The first-order chi connectivity index (χ1) is 20.0. The highest BCUT2D eigenvalue weighted by atomic mass is 16.5. The molecule has 2 fully saturated rings. The van der Waals surface area contributed by atoms with Crippen LogP contribution in [-0.4, -0.2) is 69.0 Å². The van der Waals surface area contributed by atoms with Crippen LogP contribution in [0.4, 0.5) is 0 Å². The Kier molecular flexibility index (Phi) is 7.65. The predicted molar refractivity (Wildman–Crippen MR) is 154 cm³/mol. The van der Waals surface area contributed by atoms with Crippen molar-refractivity contribution in [3.05, 3.63) is 83.7 Å². The van der Waals surface area contributed by atoms with Crippen LogP contribution in [0.15, 0.2) is 67.0 Å². The number of rotatable bonds is 8. The largest absolute Gasteiger partial charge is 0.497 e. The number of nitrogens with one attached hydrogen (secondary N) is 2. The minimum Gasteiger partial charge on any atom is -0.497 e. The van der Waals surface area contributed by atoms with Gasteiger partial charge in [0.2, 0.25) is 11.8 Å². The quantitative estimate of drug-likeness (QED) is 0.345. The second-order valence-corrected chi connectivity index (χ2v) is 11.1. The molecule has 10 heteroatoms. The average molecular weight is 554 g/mol. The molecule has 212 valence electrons. The smallest absolute Gasteiger partial charge is 0.243 e. The van der Waals surface area contributed by atoms with Gasteiger partial charge in [0.05, 0.1) is 18.7 Å². The van der Waals surface area contributed by atoms with Gasteiger partial charge in [-0.2, -0.15) is 0 Å². The lowest BCUT2D eigenvalue weighted by molar-refractivity contribution is -0.139. The molecule has 4 unspecified atom stereocenters. The topological polar surface area (TPSA) is 114 Å². The maximum absolute atomic E-state index is 13.9. The number of ether oxygens (including phenoxy) is 1. The third-order valence-electron chi connectivity index (χ3n) is 8.38. The van der Waals surface area contributed by atoms with E-state index < -0.39 is 6.04 Å². The Bertz CT molecular complexity index is 1520. The molecule has 41 heavy (non-hydrogen) atoms. The molecule has 6 rings (SSSR count). The Balaban J connectivity index is 1.16. The molecule has 10 nitrogen and oxygen atoms in total. The number of nitrogens with zero attached hydrogens (tertiary/aromatic N) is 5. The summed E-state index contributed by atoms with van der Waals surface area (Å²) in [5.41, 5.74) is 4.95. The van der Waals surface area contributed by atoms with Gasteiger partial charge in [0.25, 0.3) is 0 Å². The van der Waals surface area contributed by atoms with Crippen molar-refractivity contribution in [1.82, 2.24) is 35.5 Å². The molecule has 4 atom stereocenters. The predicted octanol–water partition coefficient (Wildman–Crippen LogP) is 2.59. The molecule has 2 saturated heterocycles. The molecule has 0 saturated carbocycles. The highest BCUT2D eigenvalue weighted by Crippen LogP contribution is 2.31. The molecule has 2 aromatic carbocycles. The zero-order valence-corrected chi connectivity index (χ0v) is 23.4. The van der Waals surface area contributed by atoms with Crippen molar-refractivity contribution in [1.29, 1.82) is 0 Å². The highest BCUT2D eigenvalue weighted by Gasteiger charge is 2.43. The summed E-state index contributed by atoms with van der Waals surface area (Å²) in [6, 6.07) is 17.0. The van der Waals surface area contributed by atoms with Gasteiger partial charge in [-0.3, -0.25) is 14.6 Å². The number of carbonyl (C=O) groups is 2. The Morgan fingerprint density at radius 3 is 2.71 bits per heavy atom. The Hall–Kier alpha value is -4.31. The van der Waals surface area contributed by atoms with E-state index in [1.807, 2.05) is 49.6 Å². The van der Waals surface area contributed by atoms with E-state index >= 15 is 0 Å². The molecular formula is C31H35N7O3. The van der Waals surface area contributed by atoms with Gasteiger partial charge < -0.3 is 20.3 Å². The van der Waals surface area contributed by atoms with Crippen molar-refractivity contribution < 1.29 is 14.3 Å². The molecule has 2 N–H and O–H groups in total. The van der Waals surface area contributed by atoms with Crippen molar-refractivity contribution in [2.45, 2.75) is 43.8 Å². The zero-order valence-electron chi connectivity index (χ0n) is 23.4. The summed E-state index contributed by atoms with van der Waals surface area (Å²) in [4.78, 5) is 33.5. The third-order valence-corrected chi connectivity index (χ3v) is 8.38. The number of hydrogen-bond donors (Lipinski definition) is 2. The van der Waals surface area contributed by atoms with E-state index in [0.717, 1.165) is 39.9 Å². The number of likely N-dealkylation sites (tertiary alicyclic amines) is 1. The number of pyridine rings is 1. The maximum Gasteiger partial charge on any atom is 0.243 e. The van der Waals surface area contributed by atoms with E-state index in [9.17, 15) is 9.59 Å². The molecule has 2 aromatic heterocycles. The Morgan fingerprint density at radius 2 is 1.93 bits per heavy atom. The van der Waals surface area contributed by atoms with Gasteiger partial charge in [-0.25, -0.2) is 4.68 Å². The lowest BCUT2D eigenvalue weighted by atomic mass is 9.96. The van der Waals surface area contributed by atoms with Crippen molar-refractivity contribution in [2.75, 3.05) is 20.2 Å². The van der Waals surface area contributed by atoms with Crippen LogP contribution in [0.25, 0.3) is 11.0 Å². The van der Waals surface area contributed by atoms with Gasteiger partial charge in [0.1, 0.15) is 17.3 Å². The second-order valence-electron chi connectivity index (χ2n) is 11.1. The number of aryl methyl sites for hydroxylation is 1. The molecule has 2 aliphatic rings. The number of methoxy groups -OCH3 is 1. The SMILES string of the molecule is COc1ccc(CC2CC(C(=O)NCc3ccc4c(c3)nnn4C)N(C(=O)C3CC(c4cccnc4)CN3)C2)cc1. The van der Waals surface area contributed by atoms with Gasteiger partial charge in [0.15, 0.2) is 0 Å². The van der Waals surface area contributed by atoms with Crippen LogP contribution in [-0.2, 0) is 29.6 Å². The van der Waals surface area contributed by atoms with Gasteiger partial charge >= 0.3 is 0 Å². The van der Waals surface area contributed by atoms with Crippen LogP contribution < -0.4 is 15.4 Å². The van der Waals surface area contributed by atoms with Crippen LogP contribution in [0, 0.1) is 5.92 Å². The van der Waals surface area contributed by atoms with E-state index in [-0.39, 0.29) is 29.7 Å². The van der Waals surface area contributed by atoms with E-state index in [2.05, 4.69) is 44.1 Å². The lowest BCUT2D eigenvalue weighted by Crippen LogP contribution is -2.51. The fourth-order valence-corrected chi connectivity index (χ4v) is 6.16. The maximum atomic E-state index is 13.9. The summed E-state index contributed by atoms with van der Waals surface area (Å²) in [6.45, 7) is 1.62. The van der Waals surface area contributed by atoms with Crippen LogP contribution >= 0.6 is 0 Å². The highest BCUT2D eigenvalue weighted by molar-refractivity contribution is 5.90. The van der Waals surface area contributed by atoms with Gasteiger partial charge in [-0.15, -0.1) is 5.10 Å². The average Bonchev–Trinajstić information content (AvgIpc) is 3.76. The number of amides is 2. The third kappa shape index (κ3) is 5.78. The lowest BCUT2D eigenvalue weighted by Gasteiger charge is -2.27. The monoisotopic (exact) mass is 553 g/mol. The standard InChI is InChI=1S/C31H35N7O3/c1-37-28-10-7-21(13-26(28)35-36-37)16-34-30(39)29-14-22(12-20-5-8-25(41-2)9-6-20)19-38(29)31(40)27-15-24(18-33-27)23-4-3-11-32-17-23/h3-11,13,17,22,24,27,29,33H,12,14-16,18-19H2,1-2H3,(H,34,39). The fraction of sp³-hybridized carbons (Fsp3) is 0.387. The first kappa shape index (κ1) is 26.9. The van der Waals surface area contributed by atoms with E-state index in [4.69, 9.17) is 4.74 Å². The molecule has 2 amide bonds. The van der Waals surface area contributed by atoms with Crippen LogP contribution in [0.5, 0.6) is 5.75 Å². The molecule has 0 bridgehead atoms. The first-order valence-corrected chi connectivity index (χ1v) is 14.1. The summed E-state index contributed by atoms with van der Waals surface area (Å²) in [6.07, 6.45) is 5.73. The summed E-state index contributed by atoms with van der Waals surface area (Å²) >= 11 is 0. The van der Waals surface area contributed by atoms with Crippen molar-refractivity contribution >= 4 is 22.8 Å². The normalized spacial score (nSPS) is 22.2. The fourth-order valence-electron chi connectivity index (χ4n) is 6.16. The minimum absolute atomic E-state index is 0.00486. The van der Waals surface area contributed by atoms with Crippen molar-refractivity contribution in [2.24, 2.45) is 13.0 Å². The number of aromatic nitrogens is 4. The first-order valence-electron chi connectivity index (χ1n) is 14.1. The number of hydrogen-bond acceptors (Lipinski definition) is 7. The van der Waals surface area contributed by atoms with E-state index in [1.165, 1.54) is 0 Å². The Labute approximate surface area is 239 Å². The minimum atomic E-state index is -0.523. The second kappa shape index (κ2) is 11.7. The van der Waals surface area contributed by atoms with Gasteiger partial charge in [-0.05, 0) is 78.1 Å². The Morgan fingerprint density at radius 1 is 1.10 bits per heavy atom. The van der Waals surface area contributed by atoms with Gasteiger partial charge in [-0.1, -0.05) is 29.5 Å². The summed E-state index contributed by atoms with van der Waals surface area (Å²) < 4.78 is 7.02. The molecular weight excluding hydrogens is 518 g/mol. The van der Waals surface area contributed by atoms with Crippen LogP contribution in [0.2, 0.25) is 0 Å². The molecule has 0 spiro atoms. The number of fused-ring (bicyclic) bond motifs is 1. The van der Waals surface area contributed by atoms with Crippen LogP contribution in [0.1, 0.15) is 35.4 Å². The zero-order chi connectivity index (χ0) is 28.3. The number of carbonyl (C=O) groups excluding carboxylic acids is 2. The molecule has 4 aromatic rings. The van der Waals surface area contributed by atoms with Crippen molar-refractivity contribution in [3.63, 3.8) is 0 Å². The molecule has 4 heterocycles. The molecule has 2 aliphatic heterocycles. The summed E-state index contributed by atoms with van der Waals surface area (Å²) in [7, 11) is 3.50. The molecule has 0 radical (unpaired) electrons. The number of benzene rings is 2. The van der Waals surface area contributed by atoms with Gasteiger partial charge in [0, 0.05) is 39.1 Å². The van der Waals surface area contributed by atoms with Crippen molar-refractivity contribution in [3.8, 4) is 5.75 Å². The summed E-state index contributed by atoms with van der Waals surface area (Å²) in [5.74, 6) is 1.07. The van der Waals surface area contributed by atoms with E-state index in [0.29, 0.717) is 32.5 Å². The molecule has 0 aliphatic carbocycles. The summed E-state index contributed by atoms with van der Waals surface area (Å²) in [5, 5.41) is 14.7.